The number of carbonyl (C=O) groups excluding carboxylic acids is 2. The maximum absolute atomic E-state index is 13.0. The van der Waals surface area contributed by atoms with Gasteiger partial charge in [-0.15, -0.1) is 0 Å². The Labute approximate surface area is 223 Å². The van der Waals surface area contributed by atoms with Crippen LogP contribution in [0.15, 0.2) is 65.6 Å². The van der Waals surface area contributed by atoms with E-state index >= 15 is 0 Å². The molecule has 3 aromatic carbocycles. The number of hydrogen-bond acceptors (Lipinski definition) is 5. The van der Waals surface area contributed by atoms with Crippen LogP contribution in [0, 0.1) is 13.8 Å². The van der Waals surface area contributed by atoms with Crippen LogP contribution in [0.4, 0.5) is 11.4 Å². The average molecular weight is 543 g/mol. The predicted octanol–water partition coefficient (Wildman–Crippen LogP) is 7.03. The van der Waals surface area contributed by atoms with Crippen LogP contribution in [-0.2, 0) is 9.59 Å². The van der Waals surface area contributed by atoms with E-state index in [0.717, 1.165) is 22.4 Å². The molecule has 1 aliphatic rings. The van der Waals surface area contributed by atoms with Crippen LogP contribution in [0.5, 0.6) is 5.75 Å². The maximum Gasteiger partial charge on any atom is 0.270 e. The molecule has 3 aromatic rings. The third-order valence-corrected chi connectivity index (χ3v) is 7.33. The second-order valence-electron chi connectivity index (χ2n) is 7.82. The van der Waals surface area contributed by atoms with Crippen molar-refractivity contribution in [2.75, 3.05) is 16.8 Å². The van der Waals surface area contributed by atoms with Crippen LogP contribution < -0.4 is 15.0 Å². The van der Waals surface area contributed by atoms with Crippen molar-refractivity contribution in [3.8, 4) is 5.75 Å². The fourth-order valence-corrected chi connectivity index (χ4v) is 4.88. The van der Waals surface area contributed by atoms with Gasteiger partial charge in [-0.05, 0) is 79.1 Å². The molecule has 1 saturated heterocycles. The van der Waals surface area contributed by atoms with E-state index in [9.17, 15) is 9.59 Å². The second-order valence-corrected chi connectivity index (χ2v) is 10.3. The molecule has 1 fully saturated rings. The molecule has 0 aromatic heterocycles. The number of ether oxygens (including phenoxy) is 1. The first-order valence-corrected chi connectivity index (χ1v) is 12.5. The Bertz CT molecular complexity index is 1360. The molecule has 35 heavy (non-hydrogen) atoms. The van der Waals surface area contributed by atoms with E-state index in [1.165, 1.54) is 16.7 Å². The van der Waals surface area contributed by atoms with Gasteiger partial charge < -0.3 is 10.1 Å². The number of thiocarbonyl (C=S) groups is 1. The van der Waals surface area contributed by atoms with Crippen LogP contribution in [0.1, 0.15) is 16.7 Å². The van der Waals surface area contributed by atoms with E-state index in [2.05, 4.69) is 5.32 Å². The molecule has 0 saturated carbocycles. The Kier molecular flexibility index (Phi) is 7.82. The van der Waals surface area contributed by atoms with Gasteiger partial charge in [0.2, 0.25) is 0 Å². The molecule has 2 amide bonds. The predicted molar refractivity (Wildman–Crippen MR) is 149 cm³/mol. The second kappa shape index (κ2) is 10.8. The molecule has 9 heteroatoms. The van der Waals surface area contributed by atoms with Crippen molar-refractivity contribution in [3.05, 3.63) is 92.3 Å². The molecule has 1 aliphatic heterocycles. The van der Waals surface area contributed by atoms with Gasteiger partial charge in [-0.3, -0.25) is 14.5 Å². The van der Waals surface area contributed by atoms with E-state index in [1.807, 2.05) is 44.2 Å². The van der Waals surface area contributed by atoms with Gasteiger partial charge in [-0.2, -0.15) is 0 Å². The molecule has 0 spiro atoms. The first kappa shape index (κ1) is 25.3. The summed E-state index contributed by atoms with van der Waals surface area (Å²) in [5, 5.41) is 3.58. The zero-order chi connectivity index (χ0) is 25.1. The summed E-state index contributed by atoms with van der Waals surface area (Å²) in [6.45, 7) is 3.90. The molecule has 0 radical (unpaired) electrons. The summed E-state index contributed by atoms with van der Waals surface area (Å²) >= 11 is 18.7. The number of rotatable bonds is 6. The number of halogens is 2. The number of benzene rings is 3. The standard InChI is InChI=1S/C26H20Cl2N2O3S2/c1-15-3-6-18(11-16(15)2)29-24(31)14-33-20-8-4-17(5-9-20)12-23-25(32)30(26(34)35-23)19-7-10-21(27)22(28)13-19/h3-13H,14H2,1-2H3,(H,29,31)/b23-12-. The highest BCUT2D eigenvalue weighted by atomic mass is 35.5. The minimum atomic E-state index is -0.247. The number of anilines is 2. The van der Waals surface area contributed by atoms with Crippen LogP contribution in [0.3, 0.4) is 0 Å². The van der Waals surface area contributed by atoms with Gasteiger partial charge in [-0.25, -0.2) is 0 Å². The molecule has 0 aliphatic carbocycles. The van der Waals surface area contributed by atoms with Crippen LogP contribution in [-0.4, -0.2) is 22.7 Å². The summed E-state index contributed by atoms with van der Waals surface area (Å²) in [4.78, 5) is 27.1. The summed E-state index contributed by atoms with van der Waals surface area (Å²) in [6, 6.07) is 17.8. The van der Waals surface area contributed by atoms with Crippen molar-refractivity contribution in [1.29, 1.82) is 0 Å². The summed E-state index contributed by atoms with van der Waals surface area (Å²) in [7, 11) is 0. The Balaban J connectivity index is 1.37. The molecular formula is C26H20Cl2N2O3S2. The average Bonchev–Trinajstić information content (AvgIpc) is 3.10. The smallest absolute Gasteiger partial charge is 0.270 e. The minimum Gasteiger partial charge on any atom is -0.484 e. The highest BCUT2D eigenvalue weighted by Gasteiger charge is 2.33. The highest BCUT2D eigenvalue weighted by Crippen LogP contribution is 2.38. The molecule has 178 valence electrons. The quantitative estimate of drug-likeness (QED) is 0.267. The molecule has 1 N–H and O–H groups in total. The largest absolute Gasteiger partial charge is 0.484 e. The molecule has 0 unspecified atom stereocenters. The normalized spacial score (nSPS) is 14.5. The maximum atomic E-state index is 13.0. The number of nitrogens with one attached hydrogen (secondary N) is 1. The third kappa shape index (κ3) is 6.05. The van der Waals surface area contributed by atoms with Crippen LogP contribution in [0.2, 0.25) is 10.0 Å². The first-order valence-electron chi connectivity index (χ1n) is 10.5. The molecule has 0 atom stereocenters. The Morgan fingerprint density at radius 3 is 2.46 bits per heavy atom. The Morgan fingerprint density at radius 1 is 1.03 bits per heavy atom. The molecule has 5 nitrogen and oxygen atoms in total. The number of thioether (sulfide) groups is 1. The fourth-order valence-electron chi connectivity index (χ4n) is 3.29. The fraction of sp³-hybridized carbons (Fsp3) is 0.115. The lowest BCUT2D eigenvalue weighted by molar-refractivity contribution is -0.118. The molecule has 1 heterocycles. The zero-order valence-electron chi connectivity index (χ0n) is 18.8. The van der Waals surface area contributed by atoms with Gasteiger partial charge >= 0.3 is 0 Å². The Morgan fingerprint density at radius 2 is 1.77 bits per heavy atom. The topological polar surface area (TPSA) is 58.6 Å². The van der Waals surface area contributed by atoms with E-state index in [1.54, 1.807) is 36.4 Å². The van der Waals surface area contributed by atoms with Gasteiger partial charge in [0.15, 0.2) is 10.9 Å². The van der Waals surface area contributed by atoms with Crippen molar-refractivity contribution in [1.82, 2.24) is 0 Å². The van der Waals surface area contributed by atoms with Gasteiger partial charge in [0.05, 0.1) is 20.6 Å². The molecule has 0 bridgehead atoms. The van der Waals surface area contributed by atoms with Crippen LogP contribution in [0.25, 0.3) is 6.08 Å². The minimum absolute atomic E-state index is 0.116. The molecule has 4 rings (SSSR count). The Hall–Kier alpha value is -2.84. The summed E-state index contributed by atoms with van der Waals surface area (Å²) in [5.74, 6) is 0.0609. The summed E-state index contributed by atoms with van der Waals surface area (Å²) < 4.78 is 6.01. The van der Waals surface area contributed by atoms with Gasteiger partial charge in [-0.1, -0.05) is 65.4 Å². The summed E-state index contributed by atoms with van der Waals surface area (Å²) in [5.41, 5.74) is 4.36. The van der Waals surface area contributed by atoms with Gasteiger partial charge in [0.1, 0.15) is 5.75 Å². The lowest BCUT2D eigenvalue weighted by Gasteiger charge is -2.15. The first-order chi connectivity index (χ1) is 16.7. The van der Waals surface area contributed by atoms with Crippen molar-refractivity contribution in [3.63, 3.8) is 0 Å². The number of aryl methyl sites for hydroxylation is 2. The zero-order valence-corrected chi connectivity index (χ0v) is 21.9. The van der Waals surface area contributed by atoms with E-state index in [0.29, 0.717) is 30.7 Å². The number of nitrogens with zero attached hydrogens (tertiary/aromatic N) is 1. The van der Waals surface area contributed by atoms with Crippen molar-refractivity contribution in [2.45, 2.75) is 13.8 Å². The van der Waals surface area contributed by atoms with Crippen molar-refractivity contribution < 1.29 is 14.3 Å². The summed E-state index contributed by atoms with van der Waals surface area (Å²) in [6.07, 6.45) is 1.76. The third-order valence-electron chi connectivity index (χ3n) is 5.29. The van der Waals surface area contributed by atoms with Crippen molar-refractivity contribution in [2.24, 2.45) is 0 Å². The number of carbonyl (C=O) groups is 2. The van der Waals surface area contributed by atoms with E-state index < -0.39 is 0 Å². The molecular weight excluding hydrogens is 523 g/mol. The number of hydrogen-bond donors (Lipinski definition) is 1. The van der Waals surface area contributed by atoms with Crippen molar-refractivity contribution >= 4 is 80.8 Å². The van der Waals surface area contributed by atoms with E-state index in [4.69, 9.17) is 40.2 Å². The SMILES string of the molecule is Cc1ccc(NC(=O)COc2ccc(/C=C3\SC(=S)N(c4ccc(Cl)c(Cl)c4)C3=O)cc2)cc1C. The highest BCUT2D eigenvalue weighted by molar-refractivity contribution is 8.27. The lowest BCUT2D eigenvalue weighted by Crippen LogP contribution is -2.27. The van der Waals surface area contributed by atoms with Gasteiger partial charge in [0.25, 0.3) is 11.8 Å². The van der Waals surface area contributed by atoms with E-state index in [-0.39, 0.29) is 18.4 Å². The van der Waals surface area contributed by atoms with Crippen LogP contribution >= 0.6 is 47.2 Å². The lowest BCUT2D eigenvalue weighted by atomic mass is 10.1. The monoisotopic (exact) mass is 542 g/mol. The number of amides is 2. The van der Waals surface area contributed by atoms with Gasteiger partial charge in [0, 0.05) is 5.69 Å².